The maximum absolute atomic E-state index is 13.8. The highest BCUT2D eigenvalue weighted by Gasteiger charge is 2.51. The summed E-state index contributed by atoms with van der Waals surface area (Å²) in [5.41, 5.74) is -0.462. The largest absolute Gasteiger partial charge is 0.461 e. The van der Waals surface area contributed by atoms with Crippen LogP contribution in [0.4, 0.5) is 4.79 Å². The Morgan fingerprint density at radius 3 is 2.11 bits per heavy atom. The second-order valence-electron chi connectivity index (χ2n) is 10.8. The summed E-state index contributed by atoms with van der Waals surface area (Å²) in [7, 11) is 0. The van der Waals surface area contributed by atoms with Gasteiger partial charge in [-0.05, 0) is 51.7 Å². The van der Waals surface area contributed by atoms with Gasteiger partial charge >= 0.3 is 12.1 Å². The van der Waals surface area contributed by atoms with Crippen LogP contribution in [-0.4, -0.2) is 58.2 Å². The van der Waals surface area contributed by atoms with E-state index in [0.29, 0.717) is 6.42 Å². The molecule has 1 amide bonds. The number of nitrogens with zero attached hydrogens (tertiary/aromatic N) is 1. The van der Waals surface area contributed by atoms with Crippen molar-refractivity contribution in [3.05, 3.63) is 71.8 Å². The third-order valence-electron chi connectivity index (χ3n) is 6.74. The summed E-state index contributed by atoms with van der Waals surface area (Å²) < 4.78 is 17.1. The molecule has 38 heavy (non-hydrogen) atoms. The Hall–Kier alpha value is -3.23. The fraction of sp³-hybridized carbons (Fsp3) is 0.500. The third kappa shape index (κ3) is 7.65. The Kier molecular flexibility index (Phi) is 10.1. The predicted octanol–water partition coefficient (Wildman–Crippen LogP) is 4.67. The van der Waals surface area contributed by atoms with E-state index in [1.807, 2.05) is 60.7 Å². The number of hydrogen-bond donors (Lipinski definition) is 1. The van der Waals surface area contributed by atoms with Crippen molar-refractivity contribution in [2.75, 3.05) is 13.2 Å². The summed E-state index contributed by atoms with van der Waals surface area (Å²) >= 11 is 0. The van der Waals surface area contributed by atoms with Crippen LogP contribution >= 0.6 is 0 Å². The fourth-order valence-electron chi connectivity index (χ4n) is 4.59. The van der Waals surface area contributed by atoms with E-state index in [9.17, 15) is 19.5 Å². The van der Waals surface area contributed by atoms with Crippen LogP contribution in [0, 0.1) is 5.92 Å². The molecule has 3 rings (SSSR count). The number of benzene rings is 2. The predicted molar refractivity (Wildman–Crippen MR) is 142 cm³/mol. The molecule has 8 nitrogen and oxygen atoms in total. The van der Waals surface area contributed by atoms with Gasteiger partial charge in [-0.1, -0.05) is 60.7 Å². The van der Waals surface area contributed by atoms with Crippen molar-refractivity contribution in [3.8, 4) is 0 Å². The van der Waals surface area contributed by atoms with Gasteiger partial charge in [0.1, 0.15) is 17.7 Å². The lowest BCUT2D eigenvalue weighted by Gasteiger charge is -2.37. The van der Waals surface area contributed by atoms with Gasteiger partial charge in [-0.3, -0.25) is 14.5 Å². The lowest BCUT2D eigenvalue weighted by atomic mass is 9.84. The van der Waals surface area contributed by atoms with Gasteiger partial charge in [0.15, 0.2) is 5.78 Å². The summed E-state index contributed by atoms with van der Waals surface area (Å²) in [4.78, 5) is 41.3. The van der Waals surface area contributed by atoms with Crippen molar-refractivity contribution in [2.45, 2.75) is 77.4 Å². The lowest BCUT2D eigenvalue weighted by molar-refractivity contribution is -0.159. The first kappa shape index (κ1) is 29.3. The second kappa shape index (κ2) is 13.0. The smallest absolute Gasteiger partial charge is 0.411 e. The van der Waals surface area contributed by atoms with E-state index in [-0.39, 0.29) is 32.6 Å². The Morgan fingerprint density at radius 2 is 1.55 bits per heavy atom. The average molecular weight is 526 g/mol. The molecule has 3 atom stereocenters. The van der Waals surface area contributed by atoms with Gasteiger partial charge in [-0.25, -0.2) is 4.79 Å². The van der Waals surface area contributed by atoms with Crippen LogP contribution in [0.2, 0.25) is 0 Å². The number of carbonyl (C=O) groups is 3. The molecule has 0 unspecified atom stereocenters. The molecule has 1 aliphatic heterocycles. The zero-order valence-corrected chi connectivity index (χ0v) is 22.7. The number of carbonyl (C=O) groups excluding carboxylic acids is 3. The number of aliphatic hydroxyl groups excluding tert-OH is 1. The normalized spacial score (nSPS) is 19.0. The fourth-order valence-corrected chi connectivity index (χ4v) is 4.59. The first-order chi connectivity index (χ1) is 18.1. The number of aliphatic hydroxyl groups is 1. The van der Waals surface area contributed by atoms with Crippen LogP contribution in [0.1, 0.15) is 58.1 Å². The molecule has 1 saturated heterocycles. The van der Waals surface area contributed by atoms with Gasteiger partial charge in [0, 0.05) is 13.0 Å². The quantitative estimate of drug-likeness (QED) is 0.425. The highest BCUT2D eigenvalue weighted by atomic mass is 16.6. The van der Waals surface area contributed by atoms with E-state index in [1.165, 1.54) is 4.90 Å². The molecular weight excluding hydrogens is 486 g/mol. The number of amides is 1. The zero-order valence-electron chi connectivity index (χ0n) is 22.7. The summed E-state index contributed by atoms with van der Waals surface area (Å²) in [6.45, 7) is 7.01. The first-order valence-corrected chi connectivity index (χ1v) is 13.1. The molecular formula is C30H39NO7. The molecule has 2 aromatic carbocycles. The highest BCUT2D eigenvalue weighted by molar-refractivity contribution is 5.95. The van der Waals surface area contributed by atoms with Crippen molar-refractivity contribution in [1.29, 1.82) is 0 Å². The van der Waals surface area contributed by atoms with Crippen LogP contribution in [0.3, 0.4) is 0 Å². The summed E-state index contributed by atoms with van der Waals surface area (Å²) in [5, 5.41) is 10.4. The van der Waals surface area contributed by atoms with Crippen molar-refractivity contribution in [3.63, 3.8) is 0 Å². The van der Waals surface area contributed by atoms with Crippen LogP contribution in [-0.2, 0) is 37.0 Å². The number of ether oxygens (including phenoxy) is 3. The summed E-state index contributed by atoms with van der Waals surface area (Å²) in [5.74, 6) is -1.92. The minimum Gasteiger partial charge on any atom is -0.461 e. The first-order valence-electron chi connectivity index (χ1n) is 13.1. The molecule has 2 aromatic rings. The molecule has 0 aromatic heterocycles. The molecule has 206 valence electrons. The molecule has 1 fully saturated rings. The monoisotopic (exact) mass is 525 g/mol. The van der Waals surface area contributed by atoms with Gasteiger partial charge in [0.25, 0.3) is 0 Å². The molecule has 1 heterocycles. The van der Waals surface area contributed by atoms with E-state index in [2.05, 4.69) is 0 Å². The maximum Gasteiger partial charge on any atom is 0.411 e. The zero-order chi connectivity index (χ0) is 27.8. The van der Waals surface area contributed by atoms with E-state index >= 15 is 0 Å². The summed E-state index contributed by atoms with van der Waals surface area (Å²) in [6, 6.07) is 18.8. The summed E-state index contributed by atoms with van der Waals surface area (Å²) in [6.07, 6.45) is -0.742. The van der Waals surface area contributed by atoms with Gasteiger partial charge in [0.05, 0.1) is 25.2 Å². The van der Waals surface area contributed by atoms with Gasteiger partial charge in [-0.2, -0.15) is 0 Å². The average Bonchev–Trinajstić information content (AvgIpc) is 3.35. The second-order valence-corrected chi connectivity index (χ2v) is 10.8. The molecule has 0 spiro atoms. The lowest BCUT2D eigenvalue weighted by Crippen LogP contribution is -2.57. The standard InChI is InChI=1S/C30H39NO7/c1-22(36-19-23-12-7-5-8-13-23)25(27(34)37-20-24-14-9-6-10-15-24)18-26(33)30(21-32)16-11-17-31(30)28(35)38-29(2,3)4/h5-10,12-15,22,25,32H,11,16-21H2,1-4H3/t22-,25+,30+/m1/s1. The Bertz CT molecular complexity index is 1070. The third-order valence-corrected chi connectivity index (χ3v) is 6.74. The van der Waals surface area contributed by atoms with Gasteiger partial charge in [-0.15, -0.1) is 0 Å². The van der Waals surface area contributed by atoms with Crippen LogP contribution in [0.5, 0.6) is 0 Å². The van der Waals surface area contributed by atoms with Crippen molar-refractivity contribution in [1.82, 2.24) is 4.90 Å². The Labute approximate surface area is 224 Å². The van der Waals surface area contributed by atoms with E-state index < -0.39 is 47.6 Å². The number of ketones is 1. The molecule has 1 N–H and O–H groups in total. The van der Waals surface area contributed by atoms with Crippen molar-refractivity contribution >= 4 is 17.8 Å². The number of hydrogen-bond acceptors (Lipinski definition) is 7. The number of rotatable bonds is 11. The van der Waals surface area contributed by atoms with E-state index in [0.717, 1.165) is 11.1 Å². The topological polar surface area (TPSA) is 102 Å². The number of esters is 1. The maximum atomic E-state index is 13.8. The van der Waals surface area contributed by atoms with Gasteiger partial charge in [0.2, 0.25) is 0 Å². The molecule has 8 heteroatoms. The minimum absolute atomic E-state index is 0.0605. The Morgan fingerprint density at radius 1 is 0.974 bits per heavy atom. The molecule has 1 aliphatic rings. The van der Waals surface area contributed by atoms with Crippen molar-refractivity contribution < 1.29 is 33.7 Å². The highest BCUT2D eigenvalue weighted by Crippen LogP contribution is 2.34. The SMILES string of the molecule is C[C@@H](OCc1ccccc1)[C@H](CC(=O)[C@@]1(CO)CCCN1C(=O)OC(C)(C)C)C(=O)OCc1ccccc1. The van der Waals surface area contributed by atoms with Crippen LogP contribution < -0.4 is 0 Å². The molecule has 0 saturated carbocycles. The van der Waals surface area contributed by atoms with Crippen LogP contribution in [0.25, 0.3) is 0 Å². The van der Waals surface area contributed by atoms with Gasteiger partial charge < -0.3 is 19.3 Å². The number of likely N-dealkylation sites (tertiary alicyclic amines) is 1. The van der Waals surface area contributed by atoms with Crippen LogP contribution in [0.15, 0.2) is 60.7 Å². The minimum atomic E-state index is -1.46. The van der Waals surface area contributed by atoms with E-state index in [1.54, 1.807) is 27.7 Å². The van der Waals surface area contributed by atoms with E-state index in [4.69, 9.17) is 14.2 Å². The van der Waals surface area contributed by atoms with Crippen molar-refractivity contribution in [2.24, 2.45) is 5.92 Å². The number of Topliss-reactive ketones (excluding diaryl/α,β-unsaturated/α-hetero) is 1. The molecule has 0 aliphatic carbocycles. The molecule has 0 bridgehead atoms. The Balaban J connectivity index is 1.79. The molecule has 0 radical (unpaired) electrons.